The van der Waals surface area contributed by atoms with Crippen LogP contribution in [-0.4, -0.2) is 78.6 Å². The first kappa shape index (κ1) is 22.0. The lowest BCUT2D eigenvalue weighted by Crippen LogP contribution is -2.52. The monoisotopic (exact) mass is 470 g/mol. The molecule has 5 aliphatic heterocycles. The summed E-state index contributed by atoms with van der Waals surface area (Å²) in [5.41, 5.74) is 1.37. The van der Waals surface area contributed by atoms with E-state index in [9.17, 15) is 14.4 Å². The standard InChI is InChI=1S/C25H31FN4O4/c26-25(5-9-27-10-6-25)14-29-11-7-24(8-12-29)15-34-21-17-13-30(19-3-4-20(31)28-22(19)32)23(33)16(17)1-2-18(21)24/h1-2,19,27H,3-15H2,(H,28,31,32)/t19-/m0/s1. The van der Waals surface area contributed by atoms with Gasteiger partial charge in [0.2, 0.25) is 11.8 Å². The van der Waals surface area contributed by atoms with Crippen LogP contribution in [-0.2, 0) is 21.5 Å². The number of halogens is 1. The van der Waals surface area contributed by atoms with Crippen molar-refractivity contribution in [1.29, 1.82) is 0 Å². The van der Waals surface area contributed by atoms with Gasteiger partial charge in [-0.25, -0.2) is 4.39 Å². The van der Waals surface area contributed by atoms with E-state index in [4.69, 9.17) is 4.74 Å². The van der Waals surface area contributed by atoms with Gasteiger partial charge < -0.3 is 19.9 Å². The van der Waals surface area contributed by atoms with Crippen LogP contribution in [0.4, 0.5) is 4.39 Å². The average molecular weight is 471 g/mol. The molecule has 0 saturated carbocycles. The Hall–Kier alpha value is -2.52. The minimum Gasteiger partial charge on any atom is -0.492 e. The summed E-state index contributed by atoms with van der Waals surface area (Å²) in [5.74, 6) is -0.0868. The molecule has 2 N–H and O–H groups in total. The number of amides is 3. The summed E-state index contributed by atoms with van der Waals surface area (Å²) in [4.78, 5) is 40.8. The highest BCUT2D eigenvalue weighted by atomic mass is 19.1. The number of hydrogen-bond acceptors (Lipinski definition) is 6. The second kappa shape index (κ2) is 8.02. The van der Waals surface area contributed by atoms with E-state index in [1.807, 2.05) is 12.1 Å². The molecule has 3 saturated heterocycles. The molecule has 0 aromatic heterocycles. The van der Waals surface area contributed by atoms with Crippen LogP contribution in [0, 0.1) is 0 Å². The number of hydrogen-bond donors (Lipinski definition) is 2. The Morgan fingerprint density at radius 3 is 2.59 bits per heavy atom. The summed E-state index contributed by atoms with van der Waals surface area (Å²) in [6.45, 7) is 4.55. The second-order valence-corrected chi connectivity index (χ2v) is 10.6. The molecule has 182 valence electrons. The fraction of sp³-hybridized carbons (Fsp3) is 0.640. The molecule has 8 nitrogen and oxygen atoms in total. The molecule has 9 heteroatoms. The van der Waals surface area contributed by atoms with Crippen LogP contribution in [0.2, 0.25) is 0 Å². The quantitative estimate of drug-likeness (QED) is 0.647. The van der Waals surface area contributed by atoms with E-state index in [-0.39, 0.29) is 23.7 Å². The van der Waals surface area contributed by atoms with Crippen LogP contribution in [0.15, 0.2) is 12.1 Å². The first-order valence-corrected chi connectivity index (χ1v) is 12.4. The zero-order chi connectivity index (χ0) is 23.5. The molecule has 5 heterocycles. The maximum absolute atomic E-state index is 15.2. The lowest BCUT2D eigenvalue weighted by molar-refractivity contribution is -0.136. The Kier molecular flexibility index (Phi) is 5.18. The van der Waals surface area contributed by atoms with Crippen molar-refractivity contribution in [2.75, 3.05) is 39.3 Å². The highest BCUT2D eigenvalue weighted by Gasteiger charge is 2.48. The van der Waals surface area contributed by atoms with Crippen LogP contribution in [0.1, 0.15) is 60.0 Å². The first-order chi connectivity index (χ1) is 16.4. The number of carbonyl (C=O) groups excluding carboxylic acids is 3. The van der Waals surface area contributed by atoms with Crippen molar-refractivity contribution < 1.29 is 23.5 Å². The second-order valence-electron chi connectivity index (χ2n) is 10.6. The van der Waals surface area contributed by atoms with E-state index in [0.717, 1.165) is 55.9 Å². The molecule has 1 spiro atoms. The van der Waals surface area contributed by atoms with Gasteiger partial charge in [0.1, 0.15) is 17.5 Å². The number of carbonyl (C=O) groups is 3. The Balaban J connectivity index is 1.18. The topological polar surface area (TPSA) is 91.0 Å². The van der Waals surface area contributed by atoms with Crippen molar-refractivity contribution >= 4 is 17.7 Å². The van der Waals surface area contributed by atoms with Gasteiger partial charge in [0.05, 0.1) is 13.2 Å². The lowest BCUT2D eigenvalue weighted by Gasteiger charge is -2.42. The molecule has 0 aliphatic carbocycles. The minimum atomic E-state index is -1.10. The number of alkyl halides is 1. The molecule has 0 bridgehead atoms. The number of fused-ring (bicyclic) bond motifs is 4. The largest absolute Gasteiger partial charge is 0.492 e. The molecule has 3 fully saturated rings. The summed E-state index contributed by atoms with van der Waals surface area (Å²) in [5, 5.41) is 5.59. The summed E-state index contributed by atoms with van der Waals surface area (Å²) in [7, 11) is 0. The highest BCUT2D eigenvalue weighted by molar-refractivity contribution is 6.05. The summed E-state index contributed by atoms with van der Waals surface area (Å²) in [6.07, 6.45) is 3.53. The van der Waals surface area contributed by atoms with Crippen molar-refractivity contribution in [3.8, 4) is 5.75 Å². The van der Waals surface area contributed by atoms with Gasteiger partial charge in [-0.1, -0.05) is 6.07 Å². The molecule has 34 heavy (non-hydrogen) atoms. The molecule has 0 unspecified atom stereocenters. The SMILES string of the molecule is O=C1CC[C@H](N2Cc3c(ccc4c3OCC43CCN(CC4(F)CCNCC4)CC3)C2=O)C(=O)N1. The maximum Gasteiger partial charge on any atom is 0.255 e. The average Bonchev–Trinajstić information content (AvgIpc) is 3.34. The predicted molar refractivity (Wildman–Crippen MR) is 121 cm³/mol. The van der Waals surface area contributed by atoms with Crippen LogP contribution in [0.3, 0.4) is 0 Å². The van der Waals surface area contributed by atoms with Gasteiger partial charge in [0, 0.05) is 35.1 Å². The number of piperidine rings is 3. The smallest absolute Gasteiger partial charge is 0.255 e. The third kappa shape index (κ3) is 3.51. The zero-order valence-electron chi connectivity index (χ0n) is 19.3. The van der Waals surface area contributed by atoms with Gasteiger partial charge in [0.25, 0.3) is 5.91 Å². The van der Waals surface area contributed by atoms with E-state index in [2.05, 4.69) is 15.5 Å². The van der Waals surface area contributed by atoms with Crippen molar-refractivity contribution in [2.45, 2.75) is 62.2 Å². The van der Waals surface area contributed by atoms with Crippen molar-refractivity contribution in [1.82, 2.24) is 20.4 Å². The van der Waals surface area contributed by atoms with Crippen LogP contribution in [0.5, 0.6) is 5.75 Å². The van der Waals surface area contributed by atoms with Crippen molar-refractivity contribution in [2.24, 2.45) is 0 Å². The molecule has 1 atom stereocenters. The summed E-state index contributed by atoms with van der Waals surface area (Å²) >= 11 is 0. The fourth-order valence-corrected chi connectivity index (χ4v) is 6.47. The van der Waals surface area contributed by atoms with Crippen molar-refractivity contribution in [3.63, 3.8) is 0 Å². The normalized spacial score (nSPS) is 28.0. The Morgan fingerprint density at radius 2 is 1.85 bits per heavy atom. The number of ether oxygens (including phenoxy) is 1. The fourth-order valence-electron chi connectivity index (χ4n) is 6.47. The molecular formula is C25H31FN4O4. The Morgan fingerprint density at radius 1 is 1.09 bits per heavy atom. The summed E-state index contributed by atoms with van der Waals surface area (Å²) in [6, 6.07) is 3.26. The zero-order valence-corrected chi connectivity index (χ0v) is 19.3. The van der Waals surface area contributed by atoms with Gasteiger partial charge in [0.15, 0.2) is 0 Å². The van der Waals surface area contributed by atoms with E-state index in [0.29, 0.717) is 44.5 Å². The molecular weight excluding hydrogens is 439 g/mol. The number of nitrogens with one attached hydrogen (secondary N) is 2. The van der Waals surface area contributed by atoms with E-state index in [1.54, 1.807) is 4.90 Å². The number of nitrogens with zero attached hydrogens (tertiary/aromatic N) is 2. The van der Waals surface area contributed by atoms with Gasteiger partial charge in [-0.2, -0.15) is 0 Å². The molecule has 1 aromatic carbocycles. The molecule has 3 amide bonds. The van der Waals surface area contributed by atoms with Gasteiger partial charge in [-0.05, 0) is 64.3 Å². The molecule has 1 aromatic rings. The Labute approximate surface area is 198 Å². The number of benzene rings is 1. The molecule has 6 rings (SSSR count). The van der Waals surface area contributed by atoms with Crippen LogP contribution < -0.4 is 15.4 Å². The third-order valence-electron chi connectivity index (χ3n) is 8.55. The molecule has 0 radical (unpaired) electrons. The third-order valence-corrected chi connectivity index (χ3v) is 8.55. The highest BCUT2D eigenvalue weighted by Crippen LogP contribution is 2.49. The minimum absolute atomic E-state index is 0.108. The van der Waals surface area contributed by atoms with Gasteiger partial charge in [-0.3, -0.25) is 19.7 Å². The first-order valence-electron chi connectivity index (χ1n) is 12.4. The van der Waals surface area contributed by atoms with E-state index in [1.165, 1.54) is 0 Å². The Bertz CT molecular complexity index is 1050. The van der Waals surface area contributed by atoms with Gasteiger partial charge in [-0.15, -0.1) is 0 Å². The van der Waals surface area contributed by atoms with E-state index < -0.39 is 17.6 Å². The van der Waals surface area contributed by atoms with Crippen molar-refractivity contribution in [3.05, 3.63) is 28.8 Å². The predicted octanol–water partition coefficient (Wildman–Crippen LogP) is 1.27. The lowest BCUT2D eigenvalue weighted by atomic mass is 9.73. The van der Waals surface area contributed by atoms with Crippen LogP contribution >= 0.6 is 0 Å². The molecule has 5 aliphatic rings. The van der Waals surface area contributed by atoms with E-state index >= 15 is 4.39 Å². The maximum atomic E-state index is 15.2. The number of imide groups is 1. The van der Waals surface area contributed by atoms with Gasteiger partial charge >= 0.3 is 0 Å². The number of likely N-dealkylation sites (tertiary alicyclic amines) is 1. The summed E-state index contributed by atoms with van der Waals surface area (Å²) < 4.78 is 21.4. The van der Waals surface area contributed by atoms with Crippen LogP contribution in [0.25, 0.3) is 0 Å². The number of rotatable bonds is 3.